The fraction of sp³-hybridized carbons (Fsp3) is 0.833. The molecule has 3 nitrogen and oxygen atoms in total. The number of hydrogen-bond donors (Lipinski definition) is 1. The molecule has 2 atom stereocenters. The summed E-state index contributed by atoms with van der Waals surface area (Å²) in [4.78, 5) is 10.5. The number of hydrogen-bond acceptors (Lipinski definition) is 2. The van der Waals surface area contributed by atoms with Crippen LogP contribution in [-0.4, -0.2) is 18.2 Å². The summed E-state index contributed by atoms with van der Waals surface area (Å²) in [6.07, 6.45) is 0.698. The lowest BCUT2D eigenvalue weighted by atomic mass is 10.1. The molecule has 1 aliphatic rings. The Hall–Kier alpha value is -0.730. The molecule has 0 aromatic carbocycles. The minimum Gasteiger partial charge on any atom is -0.444 e. The van der Waals surface area contributed by atoms with Crippen LogP contribution in [0.3, 0.4) is 0 Å². The summed E-state index contributed by atoms with van der Waals surface area (Å²) < 4.78 is 4.81. The molecular formula is C6H11NO2. The molecule has 0 aromatic heterocycles. The van der Waals surface area contributed by atoms with Gasteiger partial charge in [-0.1, -0.05) is 6.92 Å². The van der Waals surface area contributed by atoms with E-state index in [1.807, 2.05) is 13.8 Å². The maximum atomic E-state index is 10.5. The van der Waals surface area contributed by atoms with Crippen molar-refractivity contribution in [2.45, 2.75) is 32.4 Å². The molecule has 0 spiro atoms. The summed E-state index contributed by atoms with van der Waals surface area (Å²) in [6.45, 7) is 3.92. The SMILES string of the molecule is CC[C@H]1NC(=O)O[C@@H]1C. The average Bonchev–Trinajstić information content (AvgIpc) is 2.10. The van der Waals surface area contributed by atoms with Crippen molar-refractivity contribution in [1.29, 1.82) is 0 Å². The van der Waals surface area contributed by atoms with E-state index >= 15 is 0 Å². The molecule has 0 aliphatic carbocycles. The van der Waals surface area contributed by atoms with Crippen molar-refractivity contribution < 1.29 is 9.53 Å². The predicted molar refractivity (Wildman–Crippen MR) is 33.2 cm³/mol. The quantitative estimate of drug-likeness (QED) is 0.571. The van der Waals surface area contributed by atoms with Gasteiger partial charge < -0.3 is 10.1 Å². The Morgan fingerprint density at radius 2 is 2.44 bits per heavy atom. The Labute approximate surface area is 54.4 Å². The highest BCUT2D eigenvalue weighted by Gasteiger charge is 2.28. The van der Waals surface area contributed by atoms with Gasteiger partial charge in [0.15, 0.2) is 0 Å². The molecule has 52 valence electrons. The van der Waals surface area contributed by atoms with Crippen molar-refractivity contribution in [2.24, 2.45) is 0 Å². The fourth-order valence-corrected chi connectivity index (χ4v) is 0.988. The number of carbonyl (C=O) groups is 1. The van der Waals surface area contributed by atoms with Gasteiger partial charge in [-0.3, -0.25) is 0 Å². The van der Waals surface area contributed by atoms with Gasteiger partial charge in [0.2, 0.25) is 0 Å². The molecular weight excluding hydrogens is 118 g/mol. The first-order valence-electron chi connectivity index (χ1n) is 3.21. The molecule has 0 bridgehead atoms. The second kappa shape index (κ2) is 2.25. The second-order valence-corrected chi connectivity index (χ2v) is 2.27. The van der Waals surface area contributed by atoms with Gasteiger partial charge >= 0.3 is 6.09 Å². The maximum absolute atomic E-state index is 10.5. The Balaban J connectivity index is 2.47. The zero-order valence-corrected chi connectivity index (χ0v) is 5.68. The molecule has 1 fully saturated rings. The Morgan fingerprint density at radius 3 is 2.67 bits per heavy atom. The molecule has 1 amide bonds. The second-order valence-electron chi connectivity index (χ2n) is 2.27. The maximum Gasteiger partial charge on any atom is 0.407 e. The first kappa shape index (κ1) is 6.39. The van der Waals surface area contributed by atoms with Crippen LogP contribution in [0, 0.1) is 0 Å². The fourth-order valence-electron chi connectivity index (χ4n) is 0.988. The van der Waals surface area contributed by atoms with E-state index in [1.54, 1.807) is 0 Å². The van der Waals surface area contributed by atoms with Crippen LogP contribution in [0.25, 0.3) is 0 Å². The van der Waals surface area contributed by atoms with E-state index in [4.69, 9.17) is 4.74 Å². The summed E-state index contributed by atoms with van der Waals surface area (Å²) in [5, 5.41) is 2.69. The van der Waals surface area contributed by atoms with Gasteiger partial charge in [0.25, 0.3) is 0 Å². The van der Waals surface area contributed by atoms with E-state index in [9.17, 15) is 4.79 Å². The molecule has 0 aromatic rings. The van der Waals surface area contributed by atoms with Crippen LogP contribution in [0.2, 0.25) is 0 Å². The van der Waals surface area contributed by atoms with Gasteiger partial charge in [-0.05, 0) is 13.3 Å². The highest BCUT2D eigenvalue weighted by atomic mass is 16.6. The number of cyclic esters (lactones) is 1. The van der Waals surface area contributed by atoms with Gasteiger partial charge in [0.1, 0.15) is 6.10 Å². The highest BCUT2D eigenvalue weighted by molar-refractivity contribution is 5.70. The van der Waals surface area contributed by atoms with Gasteiger partial charge in [0, 0.05) is 0 Å². The molecule has 3 heteroatoms. The minimum absolute atomic E-state index is 0.0440. The standard InChI is InChI=1S/C6H11NO2/c1-3-5-4(2)9-6(8)7-5/h4-5H,3H2,1-2H3,(H,7,8)/t4-,5-/m1/s1. The molecule has 1 aliphatic heterocycles. The highest BCUT2D eigenvalue weighted by Crippen LogP contribution is 2.09. The van der Waals surface area contributed by atoms with Crippen LogP contribution in [0.15, 0.2) is 0 Å². The lowest BCUT2D eigenvalue weighted by Crippen LogP contribution is -2.28. The predicted octanol–water partition coefficient (Wildman–Crippen LogP) is 0.893. The summed E-state index contributed by atoms with van der Waals surface area (Å²) in [5.74, 6) is 0. The van der Waals surface area contributed by atoms with Crippen molar-refractivity contribution >= 4 is 6.09 Å². The van der Waals surface area contributed by atoms with Crippen LogP contribution in [-0.2, 0) is 4.74 Å². The third-order valence-corrected chi connectivity index (χ3v) is 1.60. The van der Waals surface area contributed by atoms with E-state index in [0.717, 1.165) is 6.42 Å². The van der Waals surface area contributed by atoms with Crippen LogP contribution in [0.5, 0.6) is 0 Å². The van der Waals surface area contributed by atoms with Crippen LogP contribution < -0.4 is 5.32 Å². The van der Waals surface area contributed by atoms with Crippen molar-refractivity contribution in [3.05, 3.63) is 0 Å². The van der Waals surface area contributed by atoms with Gasteiger partial charge in [-0.15, -0.1) is 0 Å². The first-order valence-corrected chi connectivity index (χ1v) is 3.21. The van der Waals surface area contributed by atoms with Crippen molar-refractivity contribution in [3.63, 3.8) is 0 Å². The average molecular weight is 129 g/mol. The molecule has 1 saturated heterocycles. The Morgan fingerprint density at radius 1 is 1.78 bits per heavy atom. The summed E-state index contributed by atoms with van der Waals surface area (Å²) in [5.41, 5.74) is 0. The molecule has 9 heavy (non-hydrogen) atoms. The van der Waals surface area contributed by atoms with E-state index in [1.165, 1.54) is 0 Å². The molecule has 1 heterocycles. The Kier molecular flexibility index (Phi) is 1.60. The largest absolute Gasteiger partial charge is 0.444 e. The summed E-state index contributed by atoms with van der Waals surface area (Å²) >= 11 is 0. The zero-order valence-electron chi connectivity index (χ0n) is 5.68. The van der Waals surface area contributed by atoms with E-state index in [0.29, 0.717) is 0 Å². The van der Waals surface area contributed by atoms with E-state index in [2.05, 4.69) is 5.32 Å². The van der Waals surface area contributed by atoms with Gasteiger partial charge in [0.05, 0.1) is 6.04 Å². The number of ether oxygens (including phenoxy) is 1. The van der Waals surface area contributed by atoms with E-state index in [-0.39, 0.29) is 18.2 Å². The normalized spacial score (nSPS) is 33.8. The number of rotatable bonds is 1. The van der Waals surface area contributed by atoms with Crippen molar-refractivity contribution in [3.8, 4) is 0 Å². The van der Waals surface area contributed by atoms with Crippen LogP contribution >= 0.6 is 0 Å². The smallest absolute Gasteiger partial charge is 0.407 e. The Bertz CT molecular complexity index is 124. The molecule has 1 rings (SSSR count). The number of nitrogens with one attached hydrogen (secondary N) is 1. The minimum atomic E-state index is -0.283. The van der Waals surface area contributed by atoms with Crippen LogP contribution in [0.1, 0.15) is 20.3 Å². The first-order chi connectivity index (χ1) is 4.24. The third-order valence-electron chi connectivity index (χ3n) is 1.60. The summed E-state index contributed by atoms with van der Waals surface area (Å²) in [6, 6.07) is 0.220. The third kappa shape index (κ3) is 1.15. The molecule has 0 saturated carbocycles. The molecule has 0 radical (unpaired) electrons. The number of carbonyl (C=O) groups excluding carboxylic acids is 1. The van der Waals surface area contributed by atoms with Gasteiger partial charge in [-0.25, -0.2) is 4.79 Å². The zero-order chi connectivity index (χ0) is 6.85. The monoisotopic (exact) mass is 129 g/mol. The molecule has 1 N–H and O–H groups in total. The molecule has 0 unspecified atom stereocenters. The lowest BCUT2D eigenvalue weighted by Gasteiger charge is -2.07. The lowest BCUT2D eigenvalue weighted by molar-refractivity contribution is 0.141. The van der Waals surface area contributed by atoms with E-state index < -0.39 is 0 Å². The number of alkyl carbamates (subject to hydrolysis) is 1. The van der Waals surface area contributed by atoms with Gasteiger partial charge in [-0.2, -0.15) is 0 Å². The topological polar surface area (TPSA) is 38.3 Å². The number of amides is 1. The van der Waals surface area contributed by atoms with Crippen molar-refractivity contribution in [1.82, 2.24) is 5.32 Å². The van der Waals surface area contributed by atoms with Crippen LogP contribution in [0.4, 0.5) is 4.79 Å². The van der Waals surface area contributed by atoms with Crippen molar-refractivity contribution in [2.75, 3.05) is 0 Å². The summed E-state index contributed by atoms with van der Waals surface area (Å²) in [7, 11) is 0.